The van der Waals surface area contributed by atoms with Gasteiger partial charge in [-0.3, -0.25) is 0 Å². The Labute approximate surface area is 215 Å². The number of esters is 1. The fraction of sp³-hybridized carbons (Fsp3) is 0.321. The number of hydrogen-bond acceptors (Lipinski definition) is 7. The Balaban J connectivity index is 1.58. The van der Waals surface area contributed by atoms with Crippen molar-refractivity contribution in [1.82, 2.24) is 0 Å². The molecule has 0 bridgehead atoms. The SMILES string of the molecule is C[C@@H]1O[C@@H](O)[C@H](OC(=O)c2ccccc2CN=[N+]=[N-])[C@H](OCc2ccccc2)[C@H]1OCc1ccccc1. The third-order valence-corrected chi connectivity index (χ3v) is 6.10. The number of rotatable bonds is 10. The molecule has 1 heterocycles. The van der Waals surface area contributed by atoms with Crippen molar-refractivity contribution in [2.24, 2.45) is 5.11 Å². The highest BCUT2D eigenvalue weighted by Gasteiger charge is 2.47. The Kier molecular flexibility index (Phi) is 9.26. The second-order valence-corrected chi connectivity index (χ2v) is 8.67. The van der Waals surface area contributed by atoms with Gasteiger partial charge >= 0.3 is 5.97 Å². The summed E-state index contributed by atoms with van der Waals surface area (Å²) in [5.74, 6) is -0.693. The van der Waals surface area contributed by atoms with E-state index in [4.69, 9.17) is 24.5 Å². The topological polar surface area (TPSA) is 123 Å². The predicted molar refractivity (Wildman–Crippen MR) is 135 cm³/mol. The molecule has 0 saturated carbocycles. The largest absolute Gasteiger partial charge is 0.450 e. The summed E-state index contributed by atoms with van der Waals surface area (Å²) in [6.07, 6.45) is -4.59. The quantitative estimate of drug-likeness (QED) is 0.181. The van der Waals surface area contributed by atoms with E-state index >= 15 is 0 Å². The van der Waals surface area contributed by atoms with Crippen LogP contribution in [0.1, 0.15) is 34.0 Å². The standard InChI is InChI=1S/C28H29N3O6/c1-19-24(34-17-20-10-4-2-5-11-20)25(35-18-21-12-6-3-7-13-21)26(28(33)36-19)37-27(32)23-15-9-8-14-22(23)16-30-31-29/h2-15,19,24-26,28,33H,16-18H2,1H3/t19-,24-,25+,26+,28+/m0/s1. The molecular weight excluding hydrogens is 474 g/mol. The summed E-state index contributed by atoms with van der Waals surface area (Å²) in [6.45, 7) is 2.28. The van der Waals surface area contributed by atoms with E-state index in [0.29, 0.717) is 5.56 Å². The molecule has 9 heteroatoms. The lowest BCUT2D eigenvalue weighted by Gasteiger charge is -2.43. The molecule has 0 aromatic heterocycles. The summed E-state index contributed by atoms with van der Waals surface area (Å²) < 4.78 is 24.0. The van der Waals surface area contributed by atoms with E-state index in [0.717, 1.165) is 11.1 Å². The number of carbonyl (C=O) groups excluding carboxylic acids is 1. The summed E-state index contributed by atoms with van der Waals surface area (Å²) in [7, 11) is 0. The molecule has 0 aliphatic carbocycles. The summed E-state index contributed by atoms with van der Waals surface area (Å²) in [4.78, 5) is 16.0. The second kappa shape index (κ2) is 13.0. The van der Waals surface area contributed by atoms with Gasteiger partial charge in [0, 0.05) is 4.91 Å². The van der Waals surface area contributed by atoms with Crippen LogP contribution in [0.25, 0.3) is 10.4 Å². The highest BCUT2D eigenvalue weighted by Crippen LogP contribution is 2.29. The van der Waals surface area contributed by atoms with Crippen molar-refractivity contribution in [1.29, 1.82) is 0 Å². The predicted octanol–water partition coefficient (Wildman–Crippen LogP) is 4.93. The molecule has 37 heavy (non-hydrogen) atoms. The normalized spacial score (nSPS) is 23.1. The average Bonchev–Trinajstić information content (AvgIpc) is 2.93. The van der Waals surface area contributed by atoms with Crippen LogP contribution in [0.4, 0.5) is 0 Å². The Morgan fingerprint density at radius 1 is 0.892 bits per heavy atom. The molecule has 1 aliphatic rings. The van der Waals surface area contributed by atoms with Crippen LogP contribution < -0.4 is 0 Å². The Morgan fingerprint density at radius 3 is 2.08 bits per heavy atom. The van der Waals surface area contributed by atoms with Crippen molar-refractivity contribution in [2.75, 3.05) is 0 Å². The second-order valence-electron chi connectivity index (χ2n) is 8.67. The molecule has 5 atom stereocenters. The van der Waals surface area contributed by atoms with E-state index in [9.17, 15) is 9.90 Å². The first-order chi connectivity index (χ1) is 18.1. The zero-order valence-electron chi connectivity index (χ0n) is 20.4. The van der Waals surface area contributed by atoms with Crippen molar-refractivity contribution < 1.29 is 28.8 Å². The lowest BCUT2D eigenvalue weighted by Crippen LogP contribution is -2.59. The van der Waals surface area contributed by atoms with Gasteiger partial charge in [0.25, 0.3) is 0 Å². The van der Waals surface area contributed by atoms with Crippen LogP contribution in [-0.2, 0) is 38.7 Å². The number of hydrogen-bond donors (Lipinski definition) is 1. The molecule has 3 aromatic rings. The molecule has 0 amide bonds. The highest BCUT2D eigenvalue weighted by molar-refractivity contribution is 5.91. The van der Waals surface area contributed by atoms with E-state index in [2.05, 4.69) is 10.0 Å². The Hall–Kier alpha value is -3.72. The number of azide groups is 1. The van der Waals surface area contributed by atoms with E-state index in [1.165, 1.54) is 0 Å². The number of carbonyl (C=O) groups is 1. The van der Waals surface area contributed by atoms with E-state index in [-0.39, 0.29) is 25.3 Å². The van der Waals surface area contributed by atoms with Gasteiger partial charge in [-0.1, -0.05) is 84.0 Å². The highest BCUT2D eigenvalue weighted by atomic mass is 16.7. The monoisotopic (exact) mass is 503 g/mol. The van der Waals surface area contributed by atoms with Crippen molar-refractivity contribution in [2.45, 2.75) is 57.4 Å². The lowest BCUT2D eigenvalue weighted by atomic mass is 9.98. The van der Waals surface area contributed by atoms with Gasteiger partial charge in [0.2, 0.25) is 0 Å². The van der Waals surface area contributed by atoms with Gasteiger partial charge in [0.05, 0.1) is 31.4 Å². The minimum absolute atomic E-state index is 0.0146. The van der Waals surface area contributed by atoms with Gasteiger partial charge < -0.3 is 24.1 Å². The van der Waals surface area contributed by atoms with Gasteiger partial charge in [0.15, 0.2) is 12.4 Å². The van der Waals surface area contributed by atoms with Gasteiger partial charge in [0.1, 0.15) is 12.2 Å². The molecule has 1 saturated heterocycles. The van der Waals surface area contributed by atoms with Crippen LogP contribution in [0.3, 0.4) is 0 Å². The Bertz CT molecular complexity index is 1200. The zero-order valence-corrected chi connectivity index (χ0v) is 20.4. The third-order valence-electron chi connectivity index (χ3n) is 6.10. The molecule has 4 rings (SSSR count). The van der Waals surface area contributed by atoms with Crippen LogP contribution in [0.5, 0.6) is 0 Å². The van der Waals surface area contributed by atoms with Crippen molar-refractivity contribution >= 4 is 5.97 Å². The molecule has 0 spiro atoms. The van der Waals surface area contributed by atoms with Gasteiger partial charge in [-0.25, -0.2) is 4.79 Å². The van der Waals surface area contributed by atoms with E-state index in [1.54, 1.807) is 31.2 Å². The number of benzene rings is 3. The maximum atomic E-state index is 13.2. The molecule has 0 unspecified atom stereocenters. The lowest BCUT2D eigenvalue weighted by molar-refractivity contribution is -0.296. The number of aliphatic hydroxyl groups excluding tert-OH is 1. The van der Waals surface area contributed by atoms with Crippen LogP contribution in [0.15, 0.2) is 90.0 Å². The molecule has 1 fully saturated rings. The zero-order chi connectivity index (χ0) is 26.0. The fourth-order valence-corrected chi connectivity index (χ4v) is 4.22. The van der Waals surface area contributed by atoms with Crippen LogP contribution >= 0.6 is 0 Å². The minimum Gasteiger partial charge on any atom is -0.450 e. The summed E-state index contributed by atoms with van der Waals surface area (Å²) in [6, 6.07) is 25.9. The molecule has 3 aromatic carbocycles. The summed E-state index contributed by atoms with van der Waals surface area (Å²) >= 11 is 0. The number of nitrogens with zero attached hydrogens (tertiary/aromatic N) is 3. The van der Waals surface area contributed by atoms with E-state index in [1.807, 2.05) is 60.7 Å². The van der Waals surface area contributed by atoms with Crippen LogP contribution in [0.2, 0.25) is 0 Å². The Morgan fingerprint density at radius 2 is 1.46 bits per heavy atom. The van der Waals surface area contributed by atoms with Gasteiger partial charge in [-0.2, -0.15) is 0 Å². The molecule has 0 radical (unpaired) electrons. The first-order valence-corrected chi connectivity index (χ1v) is 12.0. The first kappa shape index (κ1) is 26.3. The molecule has 9 nitrogen and oxygen atoms in total. The summed E-state index contributed by atoms with van der Waals surface area (Å²) in [5.41, 5.74) is 11.3. The minimum atomic E-state index is -1.43. The molecular formula is C28H29N3O6. The van der Waals surface area contributed by atoms with Crippen molar-refractivity contribution in [3.8, 4) is 0 Å². The summed E-state index contributed by atoms with van der Waals surface area (Å²) in [5, 5.41) is 14.4. The number of ether oxygens (including phenoxy) is 4. The average molecular weight is 504 g/mol. The van der Waals surface area contributed by atoms with Gasteiger partial charge in [-0.15, -0.1) is 0 Å². The van der Waals surface area contributed by atoms with Crippen LogP contribution in [-0.4, -0.2) is 41.8 Å². The maximum absolute atomic E-state index is 13.2. The molecule has 192 valence electrons. The van der Waals surface area contributed by atoms with E-state index < -0.39 is 36.7 Å². The van der Waals surface area contributed by atoms with Crippen molar-refractivity contribution in [3.05, 3.63) is 118 Å². The van der Waals surface area contributed by atoms with Crippen molar-refractivity contribution in [3.63, 3.8) is 0 Å². The van der Waals surface area contributed by atoms with Gasteiger partial charge in [-0.05, 0) is 35.2 Å². The number of aliphatic hydroxyl groups is 1. The fourth-order valence-electron chi connectivity index (χ4n) is 4.22. The molecule has 1 aliphatic heterocycles. The smallest absolute Gasteiger partial charge is 0.338 e. The maximum Gasteiger partial charge on any atom is 0.338 e. The first-order valence-electron chi connectivity index (χ1n) is 12.0. The van der Waals surface area contributed by atoms with Crippen LogP contribution in [0, 0.1) is 0 Å². The molecule has 1 N–H and O–H groups in total. The third kappa shape index (κ3) is 6.95.